The van der Waals surface area contributed by atoms with Crippen LogP contribution in [0.1, 0.15) is 28.5 Å². The second-order valence-corrected chi connectivity index (χ2v) is 6.42. The number of pyridine rings is 2. The number of rotatable bonds is 3. The van der Waals surface area contributed by atoms with Crippen LogP contribution in [0, 0.1) is 6.92 Å². The summed E-state index contributed by atoms with van der Waals surface area (Å²) in [6, 6.07) is 3.73. The molecule has 1 amide bonds. The highest BCUT2D eigenvalue weighted by Gasteiger charge is 2.32. The topological polar surface area (TPSA) is 63.9 Å². The van der Waals surface area contributed by atoms with Gasteiger partial charge in [0.1, 0.15) is 0 Å². The zero-order chi connectivity index (χ0) is 17.6. The van der Waals surface area contributed by atoms with Crippen molar-refractivity contribution in [3.05, 3.63) is 58.8 Å². The fourth-order valence-corrected chi connectivity index (χ4v) is 3.25. The maximum absolute atomic E-state index is 12.8. The molecular formula is C18H16ClN5O. The largest absolute Gasteiger partial charge is 0.299 e. The number of anilines is 1. The SMILES string of the molecule is CCn1cc(N2Cc3nc(-c4cncc(Cl)c4)cc(C)c3C2=O)cn1. The number of halogens is 1. The Hall–Kier alpha value is -2.73. The van der Waals surface area contributed by atoms with E-state index < -0.39 is 0 Å². The molecule has 3 aromatic rings. The molecule has 126 valence electrons. The molecule has 4 heterocycles. The Balaban J connectivity index is 1.74. The van der Waals surface area contributed by atoms with Crippen molar-refractivity contribution in [1.82, 2.24) is 19.7 Å². The second-order valence-electron chi connectivity index (χ2n) is 5.98. The Morgan fingerprint density at radius 2 is 2.08 bits per heavy atom. The van der Waals surface area contributed by atoms with Gasteiger partial charge in [-0.25, -0.2) is 0 Å². The lowest BCUT2D eigenvalue weighted by molar-refractivity contribution is 0.0996. The van der Waals surface area contributed by atoms with E-state index in [2.05, 4.69) is 10.1 Å². The maximum Gasteiger partial charge on any atom is 0.260 e. The minimum Gasteiger partial charge on any atom is -0.299 e. The highest BCUT2D eigenvalue weighted by molar-refractivity contribution is 6.30. The van der Waals surface area contributed by atoms with Gasteiger partial charge in [0.2, 0.25) is 0 Å². The van der Waals surface area contributed by atoms with Crippen LogP contribution < -0.4 is 4.90 Å². The fourth-order valence-electron chi connectivity index (χ4n) is 3.07. The first kappa shape index (κ1) is 15.8. The molecule has 1 aliphatic heterocycles. The van der Waals surface area contributed by atoms with Crippen molar-refractivity contribution < 1.29 is 4.79 Å². The first-order valence-electron chi connectivity index (χ1n) is 8.02. The Morgan fingerprint density at radius 1 is 1.24 bits per heavy atom. The van der Waals surface area contributed by atoms with E-state index in [1.165, 1.54) is 0 Å². The van der Waals surface area contributed by atoms with Gasteiger partial charge in [0.15, 0.2) is 0 Å². The third kappa shape index (κ3) is 2.68. The molecule has 1 aliphatic rings. The molecular weight excluding hydrogens is 338 g/mol. The van der Waals surface area contributed by atoms with Crippen LogP contribution in [-0.4, -0.2) is 25.7 Å². The molecule has 0 N–H and O–H groups in total. The van der Waals surface area contributed by atoms with Gasteiger partial charge in [-0.1, -0.05) is 11.6 Å². The van der Waals surface area contributed by atoms with Crippen molar-refractivity contribution in [2.45, 2.75) is 26.9 Å². The van der Waals surface area contributed by atoms with Crippen molar-refractivity contribution in [2.24, 2.45) is 0 Å². The van der Waals surface area contributed by atoms with E-state index in [1.54, 1.807) is 28.2 Å². The molecule has 4 rings (SSSR count). The first-order valence-corrected chi connectivity index (χ1v) is 8.40. The molecule has 0 spiro atoms. The predicted octanol–water partition coefficient (Wildman–Crippen LogP) is 3.48. The molecule has 0 saturated carbocycles. The molecule has 0 aliphatic carbocycles. The van der Waals surface area contributed by atoms with Gasteiger partial charge in [0.25, 0.3) is 5.91 Å². The molecule has 0 atom stereocenters. The molecule has 6 nitrogen and oxygen atoms in total. The maximum atomic E-state index is 12.8. The number of hydrogen-bond donors (Lipinski definition) is 0. The lowest BCUT2D eigenvalue weighted by atomic mass is 10.1. The van der Waals surface area contributed by atoms with Crippen LogP contribution >= 0.6 is 11.6 Å². The van der Waals surface area contributed by atoms with Crippen LogP contribution in [0.2, 0.25) is 5.02 Å². The van der Waals surface area contributed by atoms with E-state index in [-0.39, 0.29) is 5.91 Å². The Kier molecular flexibility index (Phi) is 3.77. The Morgan fingerprint density at radius 3 is 2.80 bits per heavy atom. The average Bonchev–Trinajstić information content (AvgIpc) is 3.19. The third-order valence-corrected chi connectivity index (χ3v) is 4.52. The van der Waals surface area contributed by atoms with Gasteiger partial charge >= 0.3 is 0 Å². The Labute approximate surface area is 150 Å². The molecule has 0 fully saturated rings. The number of aryl methyl sites for hydroxylation is 2. The predicted molar refractivity (Wildman–Crippen MR) is 95.6 cm³/mol. The number of amides is 1. The van der Waals surface area contributed by atoms with Crippen LogP contribution in [0.3, 0.4) is 0 Å². The summed E-state index contributed by atoms with van der Waals surface area (Å²) < 4.78 is 1.80. The highest BCUT2D eigenvalue weighted by Crippen LogP contribution is 2.32. The summed E-state index contributed by atoms with van der Waals surface area (Å²) in [5.74, 6) is -0.0357. The number of nitrogens with zero attached hydrogens (tertiary/aromatic N) is 5. The summed E-state index contributed by atoms with van der Waals surface area (Å²) in [4.78, 5) is 23.3. The molecule has 3 aromatic heterocycles. The van der Waals surface area contributed by atoms with Crippen molar-refractivity contribution in [1.29, 1.82) is 0 Å². The normalized spacial score (nSPS) is 13.4. The molecule has 0 saturated heterocycles. The van der Waals surface area contributed by atoms with Gasteiger partial charge in [-0.15, -0.1) is 0 Å². The van der Waals surface area contributed by atoms with E-state index in [1.807, 2.05) is 32.2 Å². The minimum atomic E-state index is -0.0357. The molecule has 0 aromatic carbocycles. The number of carbonyl (C=O) groups excluding carboxylic acids is 1. The summed E-state index contributed by atoms with van der Waals surface area (Å²) in [5, 5.41) is 4.81. The average molecular weight is 354 g/mol. The lowest BCUT2D eigenvalue weighted by Gasteiger charge is -2.12. The fraction of sp³-hybridized carbons (Fsp3) is 0.222. The summed E-state index contributed by atoms with van der Waals surface area (Å²) >= 11 is 6.03. The quantitative estimate of drug-likeness (QED) is 0.723. The van der Waals surface area contributed by atoms with Gasteiger partial charge < -0.3 is 0 Å². The van der Waals surface area contributed by atoms with Gasteiger partial charge in [-0.2, -0.15) is 5.10 Å². The van der Waals surface area contributed by atoms with Crippen molar-refractivity contribution in [2.75, 3.05) is 4.90 Å². The summed E-state index contributed by atoms with van der Waals surface area (Å²) in [5.41, 5.74) is 4.73. The highest BCUT2D eigenvalue weighted by atomic mass is 35.5. The number of fused-ring (bicyclic) bond motifs is 1. The minimum absolute atomic E-state index is 0.0357. The third-order valence-electron chi connectivity index (χ3n) is 4.31. The van der Waals surface area contributed by atoms with Crippen molar-refractivity contribution in [3.8, 4) is 11.3 Å². The molecule has 0 radical (unpaired) electrons. The van der Waals surface area contributed by atoms with E-state index in [9.17, 15) is 4.79 Å². The number of carbonyl (C=O) groups is 1. The second kappa shape index (κ2) is 5.97. The molecule has 0 bridgehead atoms. The van der Waals surface area contributed by atoms with Crippen LogP contribution in [0.4, 0.5) is 5.69 Å². The summed E-state index contributed by atoms with van der Waals surface area (Å²) in [7, 11) is 0. The van der Waals surface area contributed by atoms with Crippen LogP contribution in [0.25, 0.3) is 11.3 Å². The molecule has 7 heteroatoms. The van der Waals surface area contributed by atoms with Crippen LogP contribution in [-0.2, 0) is 13.1 Å². The smallest absolute Gasteiger partial charge is 0.260 e. The van der Waals surface area contributed by atoms with Gasteiger partial charge in [0, 0.05) is 30.7 Å². The number of aromatic nitrogens is 4. The van der Waals surface area contributed by atoms with Gasteiger partial charge in [-0.05, 0) is 31.5 Å². The van der Waals surface area contributed by atoms with E-state index in [0.717, 1.165) is 34.7 Å². The van der Waals surface area contributed by atoms with E-state index in [0.29, 0.717) is 17.1 Å². The van der Waals surface area contributed by atoms with Gasteiger partial charge in [0.05, 0.1) is 40.4 Å². The van der Waals surface area contributed by atoms with E-state index in [4.69, 9.17) is 16.6 Å². The van der Waals surface area contributed by atoms with Gasteiger partial charge in [-0.3, -0.25) is 24.3 Å². The van der Waals surface area contributed by atoms with Crippen LogP contribution in [0.15, 0.2) is 36.9 Å². The standard InChI is InChI=1S/C18H16ClN5O/c1-3-23-9-14(8-21-23)24-10-16-17(18(24)25)11(2)4-15(22-16)12-5-13(19)7-20-6-12/h4-9H,3,10H2,1-2H3. The molecule has 0 unspecified atom stereocenters. The van der Waals surface area contributed by atoms with Crippen molar-refractivity contribution >= 4 is 23.2 Å². The van der Waals surface area contributed by atoms with Crippen LogP contribution in [0.5, 0.6) is 0 Å². The number of hydrogen-bond acceptors (Lipinski definition) is 4. The van der Waals surface area contributed by atoms with Crippen molar-refractivity contribution in [3.63, 3.8) is 0 Å². The summed E-state index contributed by atoms with van der Waals surface area (Å²) in [6.45, 7) is 5.14. The zero-order valence-corrected chi connectivity index (χ0v) is 14.7. The summed E-state index contributed by atoms with van der Waals surface area (Å²) in [6.07, 6.45) is 6.90. The zero-order valence-electron chi connectivity index (χ0n) is 13.9. The Bertz CT molecular complexity index is 981. The lowest BCUT2D eigenvalue weighted by Crippen LogP contribution is -2.22. The first-order chi connectivity index (χ1) is 12.1. The molecule has 25 heavy (non-hydrogen) atoms. The van der Waals surface area contributed by atoms with E-state index >= 15 is 0 Å². The monoisotopic (exact) mass is 353 g/mol.